The van der Waals surface area contributed by atoms with E-state index in [1.807, 2.05) is 30.3 Å². The second-order valence-electron chi connectivity index (χ2n) is 5.13. The van der Waals surface area contributed by atoms with E-state index in [4.69, 9.17) is 17.3 Å². The van der Waals surface area contributed by atoms with Gasteiger partial charge in [-0.2, -0.15) is 0 Å². The Morgan fingerprint density at radius 2 is 1.76 bits per heavy atom. The molecule has 0 aromatic heterocycles. The van der Waals surface area contributed by atoms with Gasteiger partial charge in [0.1, 0.15) is 0 Å². The van der Waals surface area contributed by atoms with E-state index in [0.717, 1.165) is 5.56 Å². The zero-order valence-electron chi connectivity index (χ0n) is 13.2. The molecule has 0 aliphatic carbocycles. The molecule has 2 aromatic carbocycles. The summed E-state index contributed by atoms with van der Waals surface area (Å²) in [4.78, 5) is 34.5. The van der Waals surface area contributed by atoms with Gasteiger partial charge in [-0.3, -0.25) is 14.9 Å². The predicted octanol–water partition coefficient (Wildman–Crippen LogP) is 1.88. The number of carbonyl (C=O) groups excluding carboxylic acids is 3. The fourth-order valence-corrected chi connectivity index (χ4v) is 2.27. The molecule has 4 amide bonds. The molecule has 8 heteroatoms. The van der Waals surface area contributed by atoms with Crippen LogP contribution < -0.4 is 21.7 Å². The Labute approximate surface area is 149 Å². The highest BCUT2D eigenvalue weighted by Gasteiger charge is 2.09. The molecular formula is C17H17ClN4O3. The Morgan fingerprint density at radius 1 is 1.04 bits per heavy atom. The Morgan fingerprint density at radius 3 is 2.40 bits per heavy atom. The molecule has 0 unspecified atom stereocenters. The van der Waals surface area contributed by atoms with Crippen LogP contribution in [0.3, 0.4) is 0 Å². The number of nitrogens with two attached hydrogens (primary N) is 1. The SMILES string of the molecule is NC(=O)c1ccc(NCC(=O)NC(=O)NCc2ccccc2)cc1Cl. The molecule has 0 aliphatic rings. The molecular weight excluding hydrogens is 344 g/mol. The lowest BCUT2D eigenvalue weighted by molar-refractivity contribution is -0.118. The normalized spacial score (nSPS) is 9.96. The van der Waals surface area contributed by atoms with E-state index in [1.165, 1.54) is 12.1 Å². The van der Waals surface area contributed by atoms with Crippen LogP contribution in [-0.4, -0.2) is 24.4 Å². The van der Waals surface area contributed by atoms with Gasteiger partial charge in [0.05, 0.1) is 17.1 Å². The maximum absolute atomic E-state index is 11.8. The first kappa shape index (κ1) is 18.3. The molecule has 0 saturated heterocycles. The Hall–Kier alpha value is -3.06. The molecule has 0 radical (unpaired) electrons. The number of rotatable bonds is 6. The van der Waals surface area contributed by atoms with E-state index in [9.17, 15) is 14.4 Å². The minimum absolute atomic E-state index is 0.134. The summed E-state index contributed by atoms with van der Waals surface area (Å²) in [5, 5.41) is 7.77. The molecule has 0 atom stereocenters. The van der Waals surface area contributed by atoms with E-state index in [0.29, 0.717) is 12.2 Å². The molecule has 130 valence electrons. The molecule has 2 aromatic rings. The zero-order chi connectivity index (χ0) is 18.2. The van der Waals surface area contributed by atoms with E-state index in [1.54, 1.807) is 6.07 Å². The molecule has 0 heterocycles. The van der Waals surface area contributed by atoms with Gasteiger partial charge in [0.15, 0.2) is 0 Å². The van der Waals surface area contributed by atoms with E-state index in [-0.39, 0.29) is 17.1 Å². The van der Waals surface area contributed by atoms with Crippen molar-refractivity contribution in [1.29, 1.82) is 0 Å². The Balaban J connectivity index is 1.77. The Kier molecular flexibility index (Phi) is 6.36. The van der Waals surface area contributed by atoms with E-state index in [2.05, 4.69) is 16.0 Å². The van der Waals surface area contributed by atoms with Crippen LogP contribution in [0.1, 0.15) is 15.9 Å². The van der Waals surface area contributed by atoms with Crippen LogP contribution in [0, 0.1) is 0 Å². The van der Waals surface area contributed by atoms with Crippen LogP contribution in [0.4, 0.5) is 10.5 Å². The van der Waals surface area contributed by atoms with Crippen molar-refractivity contribution in [2.24, 2.45) is 5.73 Å². The van der Waals surface area contributed by atoms with Crippen molar-refractivity contribution in [2.75, 3.05) is 11.9 Å². The summed E-state index contributed by atoms with van der Waals surface area (Å²) >= 11 is 5.92. The van der Waals surface area contributed by atoms with Gasteiger partial charge in [-0.25, -0.2) is 4.79 Å². The molecule has 25 heavy (non-hydrogen) atoms. The molecule has 0 spiro atoms. The summed E-state index contributed by atoms with van der Waals surface area (Å²) in [5.41, 5.74) is 6.80. The lowest BCUT2D eigenvalue weighted by Crippen LogP contribution is -2.41. The van der Waals surface area contributed by atoms with Crippen LogP contribution >= 0.6 is 11.6 Å². The first-order valence-corrected chi connectivity index (χ1v) is 7.78. The highest BCUT2D eigenvalue weighted by atomic mass is 35.5. The van der Waals surface area contributed by atoms with Gasteiger partial charge in [-0.15, -0.1) is 0 Å². The summed E-state index contributed by atoms with van der Waals surface area (Å²) in [6.07, 6.45) is 0. The van der Waals surface area contributed by atoms with Crippen LogP contribution in [0.25, 0.3) is 0 Å². The fourth-order valence-electron chi connectivity index (χ4n) is 2.00. The van der Waals surface area contributed by atoms with Crippen molar-refractivity contribution in [3.63, 3.8) is 0 Å². The summed E-state index contributed by atoms with van der Waals surface area (Å²) in [5.74, 6) is -1.15. The maximum atomic E-state index is 11.8. The van der Waals surface area contributed by atoms with Crippen LogP contribution in [0.2, 0.25) is 5.02 Å². The third kappa shape index (κ3) is 5.82. The second kappa shape index (κ2) is 8.70. The van der Waals surface area contributed by atoms with Gasteiger partial charge in [0.2, 0.25) is 11.8 Å². The van der Waals surface area contributed by atoms with Crippen molar-refractivity contribution in [1.82, 2.24) is 10.6 Å². The fraction of sp³-hybridized carbons (Fsp3) is 0.118. The first-order chi connectivity index (χ1) is 12.0. The number of halogens is 1. The van der Waals surface area contributed by atoms with Crippen molar-refractivity contribution in [3.8, 4) is 0 Å². The highest BCUT2D eigenvalue weighted by molar-refractivity contribution is 6.34. The maximum Gasteiger partial charge on any atom is 0.321 e. The van der Waals surface area contributed by atoms with Crippen LogP contribution in [0.5, 0.6) is 0 Å². The van der Waals surface area contributed by atoms with Gasteiger partial charge in [0, 0.05) is 12.2 Å². The molecule has 7 nitrogen and oxygen atoms in total. The minimum atomic E-state index is -0.635. The topological polar surface area (TPSA) is 113 Å². The second-order valence-corrected chi connectivity index (χ2v) is 5.54. The monoisotopic (exact) mass is 360 g/mol. The molecule has 0 aliphatic heterocycles. The van der Waals surface area contributed by atoms with Gasteiger partial charge in [0.25, 0.3) is 0 Å². The number of benzene rings is 2. The first-order valence-electron chi connectivity index (χ1n) is 7.40. The number of hydrogen-bond donors (Lipinski definition) is 4. The zero-order valence-corrected chi connectivity index (χ0v) is 14.0. The molecule has 2 rings (SSSR count). The van der Waals surface area contributed by atoms with Crippen molar-refractivity contribution >= 4 is 35.1 Å². The largest absolute Gasteiger partial charge is 0.376 e. The van der Waals surface area contributed by atoms with E-state index < -0.39 is 17.8 Å². The quantitative estimate of drug-likeness (QED) is 0.629. The Bertz CT molecular complexity index is 781. The average Bonchev–Trinajstić information content (AvgIpc) is 2.59. The number of primary amides is 1. The third-order valence-electron chi connectivity index (χ3n) is 3.24. The highest BCUT2D eigenvalue weighted by Crippen LogP contribution is 2.20. The lowest BCUT2D eigenvalue weighted by Gasteiger charge is -2.09. The van der Waals surface area contributed by atoms with Crippen LogP contribution in [0.15, 0.2) is 48.5 Å². The summed E-state index contributed by atoms with van der Waals surface area (Å²) in [6, 6.07) is 13.2. The van der Waals surface area contributed by atoms with Gasteiger partial charge >= 0.3 is 6.03 Å². The lowest BCUT2D eigenvalue weighted by atomic mass is 10.2. The number of carbonyl (C=O) groups is 3. The standard InChI is InChI=1S/C17H17ClN4O3/c18-14-8-12(6-7-13(14)16(19)24)20-10-15(23)22-17(25)21-9-11-4-2-1-3-5-11/h1-8,20H,9-10H2,(H2,19,24)(H2,21,22,23,25). The minimum Gasteiger partial charge on any atom is -0.376 e. The number of anilines is 1. The van der Waals surface area contributed by atoms with Gasteiger partial charge in [-0.05, 0) is 23.8 Å². The summed E-state index contributed by atoms with van der Waals surface area (Å²) in [7, 11) is 0. The van der Waals surface area contributed by atoms with Crippen LogP contribution in [-0.2, 0) is 11.3 Å². The average molecular weight is 361 g/mol. The van der Waals surface area contributed by atoms with Gasteiger partial charge in [-0.1, -0.05) is 41.9 Å². The number of imide groups is 1. The molecule has 0 bridgehead atoms. The van der Waals surface area contributed by atoms with Gasteiger partial charge < -0.3 is 16.4 Å². The van der Waals surface area contributed by atoms with Crippen molar-refractivity contribution in [2.45, 2.75) is 6.54 Å². The van der Waals surface area contributed by atoms with Crippen molar-refractivity contribution < 1.29 is 14.4 Å². The molecule has 5 N–H and O–H groups in total. The number of amides is 4. The van der Waals surface area contributed by atoms with E-state index >= 15 is 0 Å². The number of nitrogens with one attached hydrogen (secondary N) is 3. The third-order valence-corrected chi connectivity index (χ3v) is 3.55. The number of urea groups is 1. The number of hydrogen-bond acceptors (Lipinski definition) is 4. The molecule has 0 saturated carbocycles. The smallest absolute Gasteiger partial charge is 0.321 e. The molecule has 0 fully saturated rings. The summed E-state index contributed by atoms with van der Waals surface area (Å²) in [6.45, 7) is 0.183. The van der Waals surface area contributed by atoms with Crippen molar-refractivity contribution in [3.05, 3.63) is 64.7 Å². The summed E-state index contributed by atoms with van der Waals surface area (Å²) < 4.78 is 0. The predicted molar refractivity (Wildman–Crippen MR) is 95.3 cm³/mol.